The smallest absolute Gasteiger partial charge is 0.222 e. The summed E-state index contributed by atoms with van der Waals surface area (Å²) in [6.07, 6.45) is 1.49. The molecular formula is C25H27N5O4. The second kappa shape index (κ2) is 10.3. The number of rotatable bonds is 9. The lowest BCUT2D eigenvalue weighted by Crippen LogP contribution is -2.39. The zero-order valence-corrected chi connectivity index (χ0v) is 18.6. The summed E-state index contributed by atoms with van der Waals surface area (Å²) < 4.78 is 20.7. The van der Waals surface area contributed by atoms with Crippen LogP contribution >= 0.6 is 0 Å². The van der Waals surface area contributed by atoms with E-state index in [9.17, 15) is 5.11 Å². The fourth-order valence-electron chi connectivity index (χ4n) is 4.23. The molecule has 0 bridgehead atoms. The minimum atomic E-state index is -0.524. The van der Waals surface area contributed by atoms with Crippen molar-refractivity contribution in [2.45, 2.75) is 44.2 Å². The van der Waals surface area contributed by atoms with Gasteiger partial charge in [0.15, 0.2) is 5.65 Å². The largest absolute Gasteiger partial charge is 0.394 e. The van der Waals surface area contributed by atoms with Gasteiger partial charge in [-0.1, -0.05) is 60.7 Å². The lowest BCUT2D eigenvalue weighted by molar-refractivity contribution is -0.0838. The van der Waals surface area contributed by atoms with E-state index in [0.717, 1.165) is 11.1 Å². The molecular weight excluding hydrogens is 434 g/mol. The Kier molecular flexibility index (Phi) is 6.77. The predicted molar refractivity (Wildman–Crippen MR) is 126 cm³/mol. The molecule has 2 aromatic carbocycles. The second-order valence-electron chi connectivity index (χ2n) is 8.25. The lowest BCUT2D eigenvalue weighted by Gasteiger charge is -2.25. The summed E-state index contributed by atoms with van der Waals surface area (Å²) in [6.45, 7) is 1.02. The quantitative estimate of drug-likeness (QED) is 0.390. The van der Waals surface area contributed by atoms with Crippen LogP contribution in [0.2, 0.25) is 0 Å². The number of nitrogen functional groups attached to an aromatic ring is 1. The molecule has 34 heavy (non-hydrogen) atoms. The number of nitrogens with zero attached hydrogens (tertiary/aromatic N) is 4. The Morgan fingerprint density at radius 1 is 0.882 bits per heavy atom. The molecule has 0 saturated carbocycles. The van der Waals surface area contributed by atoms with Crippen molar-refractivity contribution in [2.75, 3.05) is 12.3 Å². The van der Waals surface area contributed by atoms with Crippen molar-refractivity contribution >= 4 is 17.1 Å². The number of aliphatic hydroxyl groups excluding tert-OH is 1. The molecule has 3 heterocycles. The number of nitrogens with two attached hydrogens (primary N) is 1. The van der Waals surface area contributed by atoms with E-state index in [0.29, 0.717) is 30.9 Å². The Balaban J connectivity index is 1.38. The molecule has 9 heteroatoms. The van der Waals surface area contributed by atoms with E-state index >= 15 is 0 Å². The van der Waals surface area contributed by atoms with Crippen LogP contribution in [0.3, 0.4) is 0 Å². The van der Waals surface area contributed by atoms with E-state index < -0.39 is 24.4 Å². The number of anilines is 1. The number of ether oxygens (including phenoxy) is 3. The number of hydrogen-bond donors (Lipinski definition) is 2. The van der Waals surface area contributed by atoms with Crippen molar-refractivity contribution in [3.63, 3.8) is 0 Å². The maximum atomic E-state index is 10.1. The van der Waals surface area contributed by atoms with E-state index in [1.807, 2.05) is 65.2 Å². The first-order chi connectivity index (χ1) is 16.7. The number of imidazole rings is 1. The van der Waals surface area contributed by atoms with E-state index in [-0.39, 0.29) is 12.6 Å². The standard InChI is InChI=1S/C25H27N5O4/c26-25-27-11-19-24(29-25)30(16-28-19)12-20-22(32-14-17-7-3-1-4-8-17)23(21(13-31)34-20)33-15-18-9-5-2-6-10-18/h1-11,16,20-23,31H,12-15H2,(H2,26,27,29)/t20-,21+,22+,23+/m0/s1. The molecule has 9 nitrogen and oxygen atoms in total. The van der Waals surface area contributed by atoms with Crippen LogP contribution in [-0.4, -0.2) is 55.6 Å². The molecule has 1 aliphatic heterocycles. The fraction of sp³-hybridized carbons (Fsp3) is 0.320. The van der Waals surface area contributed by atoms with E-state index in [2.05, 4.69) is 15.0 Å². The number of hydrogen-bond acceptors (Lipinski definition) is 8. The van der Waals surface area contributed by atoms with Crippen molar-refractivity contribution in [3.05, 3.63) is 84.3 Å². The summed E-state index contributed by atoms with van der Waals surface area (Å²) in [5, 5.41) is 10.1. The molecule has 5 rings (SSSR count). The van der Waals surface area contributed by atoms with Crippen molar-refractivity contribution < 1.29 is 19.3 Å². The zero-order chi connectivity index (χ0) is 23.3. The molecule has 0 unspecified atom stereocenters. The van der Waals surface area contributed by atoms with Gasteiger partial charge >= 0.3 is 0 Å². The highest BCUT2D eigenvalue weighted by atomic mass is 16.6. The van der Waals surface area contributed by atoms with Crippen molar-refractivity contribution in [2.24, 2.45) is 0 Å². The minimum Gasteiger partial charge on any atom is -0.394 e. The van der Waals surface area contributed by atoms with Gasteiger partial charge in [0, 0.05) is 0 Å². The first kappa shape index (κ1) is 22.4. The third-order valence-corrected chi connectivity index (χ3v) is 5.91. The van der Waals surface area contributed by atoms with E-state index in [1.54, 1.807) is 12.5 Å². The summed E-state index contributed by atoms with van der Waals surface area (Å²) >= 11 is 0. The van der Waals surface area contributed by atoms with E-state index in [4.69, 9.17) is 19.9 Å². The summed E-state index contributed by atoms with van der Waals surface area (Å²) in [4.78, 5) is 12.7. The molecule has 0 amide bonds. The number of aliphatic hydroxyl groups is 1. The monoisotopic (exact) mass is 461 g/mol. The van der Waals surface area contributed by atoms with Gasteiger partial charge in [-0.05, 0) is 11.1 Å². The number of aromatic nitrogens is 4. The summed E-state index contributed by atoms with van der Waals surface area (Å²) in [6, 6.07) is 19.9. The first-order valence-corrected chi connectivity index (χ1v) is 11.2. The van der Waals surface area contributed by atoms with Gasteiger partial charge < -0.3 is 29.6 Å². The van der Waals surface area contributed by atoms with Crippen LogP contribution in [-0.2, 0) is 34.0 Å². The molecule has 3 N–H and O–H groups in total. The predicted octanol–water partition coefficient (Wildman–Crippen LogP) is 2.34. The van der Waals surface area contributed by atoms with Gasteiger partial charge in [0.2, 0.25) is 5.95 Å². The highest BCUT2D eigenvalue weighted by Crippen LogP contribution is 2.30. The topological polar surface area (TPSA) is 118 Å². The van der Waals surface area contributed by atoms with Crippen molar-refractivity contribution in [1.29, 1.82) is 0 Å². The maximum absolute atomic E-state index is 10.1. The number of benzene rings is 2. The van der Waals surface area contributed by atoms with Gasteiger partial charge in [-0.3, -0.25) is 0 Å². The molecule has 176 valence electrons. The Bertz CT molecular complexity index is 1200. The molecule has 2 aromatic heterocycles. The van der Waals surface area contributed by atoms with Gasteiger partial charge in [-0.2, -0.15) is 4.98 Å². The van der Waals surface area contributed by atoms with Crippen LogP contribution in [0.1, 0.15) is 11.1 Å². The van der Waals surface area contributed by atoms with Gasteiger partial charge in [0.1, 0.15) is 29.9 Å². The average Bonchev–Trinajstić information content (AvgIpc) is 3.43. The van der Waals surface area contributed by atoms with E-state index in [1.165, 1.54) is 0 Å². The van der Waals surface area contributed by atoms with Gasteiger partial charge in [0.05, 0.1) is 38.9 Å². The number of fused-ring (bicyclic) bond motifs is 1. The first-order valence-electron chi connectivity index (χ1n) is 11.2. The fourth-order valence-corrected chi connectivity index (χ4v) is 4.23. The molecule has 4 atom stereocenters. The van der Waals surface area contributed by atoms with Gasteiger partial charge in [-0.15, -0.1) is 0 Å². The third-order valence-electron chi connectivity index (χ3n) is 5.91. The summed E-state index contributed by atoms with van der Waals surface area (Å²) in [7, 11) is 0. The van der Waals surface area contributed by atoms with Crippen LogP contribution in [0.4, 0.5) is 5.95 Å². The summed E-state index contributed by atoms with van der Waals surface area (Å²) in [5.41, 5.74) is 9.13. The summed E-state index contributed by atoms with van der Waals surface area (Å²) in [5.74, 6) is 0.177. The Hall–Kier alpha value is -3.37. The normalized spacial score (nSPS) is 22.4. The van der Waals surface area contributed by atoms with Crippen LogP contribution in [0, 0.1) is 0 Å². The molecule has 1 saturated heterocycles. The van der Waals surface area contributed by atoms with Crippen LogP contribution in [0.15, 0.2) is 73.2 Å². The highest BCUT2D eigenvalue weighted by Gasteiger charge is 2.46. The highest BCUT2D eigenvalue weighted by molar-refractivity contribution is 5.70. The molecule has 0 aliphatic carbocycles. The molecule has 0 radical (unpaired) electrons. The third kappa shape index (κ3) is 4.92. The minimum absolute atomic E-state index is 0.177. The molecule has 4 aromatic rings. The molecule has 1 fully saturated rings. The van der Waals surface area contributed by atoms with Crippen molar-refractivity contribution in [1.82, 2.24) is 19.5 Å². The SMILES string of the molecule is Nc1ncc2ncn(C[C@@H]3O[C@H](CO)[C@@H](OCc4ccccc4)[C@@H]3OCc3ccccc3)c2n1. The van der Waals surface area contributed by atoms with Crippen LogP contribution in [0.25, 0.3) is 11.2 Å². The molecule has 1 aliphatic rings. The van der Waals surface area contributed by atoms with Gasteiger partial charge in [-0.25, -0.2) is 9.97 Å². The Morgan fingerprint density at radius 2 is 1.50 bits per heavy atom. The lowest BCUT2D eigenvalue weighted by atomic mass is 10.1. The molecule has 0 spiro atoms. The second-order valence-corrected chi connectivity index (χ2v) is 8.25. The maximum Gasteiger partial charge on any atom is 0.222 e. The Labute approximate surface area is 197 Å². The zero-order valence-electron chi connectivity index (χ0n) is 18.6. The van der Waals surface area contributed by atoms with Crippen LogP contribution < -0.4 is 5.73 Å². The van der Waals surface area contributed by atoms with Crippen molar-refractivity contribution in [3.8, 4) is 0 Å². The van der Waals surface area contributed by atoms with Crippen LogP contribution in [0.5, 0.6) is 0 Å². The Morgan fingerprint density at radius 3 is 2.12 bits per heavy atom. The average molecular weight is 462 g/mol. The van der Waals surface area contributed by atoms with Gasteiger partial charge in [0.25, 0.3) is 0 Å².